The van der Waals surface area contributed by atoms with Crippen LogP contribution in [0.2, 0.25) is 0 Å². The number of epoxide rings is 1. The lowest BCUT2D eigenvalue weighted by Gasteiger charge is -2.11. The highest BCUT2D eigenvalue weighted by Crippen LogP contribution is 2.38. The van der Waals surface area contributed by atoms with Gasteiger partial charge in [0.25, 0.3) is 0 Å². The van der Waals surface area contributed by atoms with Gasteiger partial charge in [-0.05, 0) is 27.4 Å². The number of fused-ring (bicyclic) bond motifs is 1. The highest BCUT2D eigenvalue weighted by molar-refractivity contribution is 9.11. The Labute approximate surface area is 116 Å². The Morgan fingerprint density at radius 3 is 2.59 bits per heavy atom. The molecule has 2 aromatic rings. The summed E-state index contributed by atoms with van der Waals surface area (Å²) in [5.41, 5.74) is 0. The number of hydrogen-bond acceptors (Lipinski definition) is 2. The number of hydrogen-bond donors (Lipinski definition) is 0. The highest BCUT2D eigenvalue weighted by atomic mass is 79.9. The minimum absolute atomic E-state index is 0.268. The van der Waals surface area contributed by atoms with Crippen LogP contribution >= 0.6 is 31.9 Å². The van der Waals surface area contributed by atoms with Gasteiger partial charge in [-0.25, -0.2) is 0 Å². The van der Waals surface area contributed by atoms with Crippen LogP contribution < -0.4 is 4.74 Å². The molecule has 3 rings (SSSR count). The lowest BCUT2D eigenvalue weighted by molar-refractivity contribution is 0.264. The molecule has 0 aliphatic carbocycles. The first-order valence-corrected chi connectivity index (χ1v) is 6.95. The molecule has 0 radical (unpaired) electrons. The fourth-order valence-corrected chi connectivity index (χ4v) is 3.20. The van der Waals surface area contributed by atoms with Crippen molar-refractivity contribution in [1.82, 2.24) is 0 Å². The molecule has 1 aliphatic rings. The van der Waals surface area contributed by atoms with Gasteiger partial charge < -0.3 is 9.47 Å². The van der Waals surface area contributed by atoms with Gasteiger partial charge in [-0.2, -0.15) is 0 Å². The van der Waals surface area contributed by atoms with Gasteiger partial charge in [0.2, 0.25) is 0 Å². The molecule has 88 valence electrons. The van der Waals surface area contributed by atoms with E-state index in [1.807, 2.05) is 18.2 Å². The molecule has 1 heterocycles. The molecule has 0 bridgehead atoms. The van der Waals surface area contributed by atoms with Crippen LogP contribution in [0.15, 0.2) is 39.3 Å². The third-order valence-corrected chi connectivity index (χ3v) is 3.96. The Morgan fingerprint density at radius 2 is 1.88 bits per heavy atom. The quantitative estimate of drug-likeness (QED) is 0.770. The first-order chi connectivity index (χ1) is 8.25. The Balaban J connectivity index is 2.07. The second kappa shape index (κ2) is 4.59. The zero-order chi connectivity index (χ0) is 11.8. The molecule has 1 fully saturated rings. The minimum Gasteiger partial charge on any atom is -0.489 e. The van der Waals surface area contributed by atoms with Crippen LogP contribution in [-0.4, -0.2) is 19.3 Å². The smallest absolute Gasteiger partial charge is 0.141 e. The molecule has 1 saturated heterocycles. The maximum absolute atomic E-state index is 5.84. The Hall–Kier alpha value is -0.580. The fraction of sp³-hybridized carbons (Fsp3) is 0.231. The van der Waals surface area contributed by atoms with Crippen molar-refractivity contribution in [1.29, 1.82) is 0 Å². The van der Waals surface area contributed by atoms with Crippen LogP contribution in [0.4, 0.5) is 0 Å². The Morgan fingerprint density at radius 1 is 1.18 bits per heavy atom. The van der Waals surface area contributed by atoms with Crippen molar-refractivity contribution < 1.29 is 9.47 Å². The van der Waals surface area contributed by atoms with E-state index in [1.165, 1.54) is 0 Å². The van der Waals surface area contributed by atoms with E-state index < -0.39 is 0 Å². The molecule has 0 saturated carbocycles. The summed E-state index contributed by atoms with van der Waals surface area (Å²) >= 11 is 7.11. The van der Waals surface area contributed by atoms with Crippen LogP contribution in [0.3, 0.4) is 0 Å². The lowest BCUT2D eigenvalue weighted by Crippen LogP contribution is -2.05. The fourth-order valence-electron chi connectivity index (χ4n) is 1.76. The van der Waals surface area contributed by atoms with E-state index in [0.717, 1.165) is 32.1 Å². The predicted molar refractivity (Wildman–Crippen MR) is 74.6 cm³/mol. The van der Waals surface area contributed by atoms with Crippen molar-refractivity contribution in [2.24, 2.45) is 0 Å². The maximum Gasteiger partial charge on any atom is 0.141 e. The van der Waals surface area contributed by atoms with Crippen LogP contribution in [0.25, 0.3) is 10.8 Å². The largest absolute Gasteiger partial charge is 0.489 e. The molecule has 2 aromatic carbocycles. The first kappa shape index (κ1) is 11.5. The molecule has 4 heteroatoms. The summed E-state index contributed by atoms with van der Waals surface area (Å²) in [5, 5.41) is 2.26. The van der Waals surface area contributed by atoms with Crippen molar-refractivity contribution in [2.75, 3.05) is 13.2 Å². The second-order valence-corrected chi connectivity index (χ2v) is 5.69. The Bertz CT molecular complexity index is 565. The first-order valence-electron chi connectivity index (χ1n) is 5.37. The van der Waals surface area contributed by atoms with E-state index in [4.69, 9.17) is 9.47 Å². The van der Waals surface area contributed by atoms with Gasteiger partial charge in [0.05, 0.1) is 11.1 Å². The summed E-state index contributed by atoms with van der Waals surface area (Å²) in [7, 11) is 0. The van der Waals surface area contributed by atoms with Crippen molar-refractivity contribution in [3.05, 3.63) is 39.3 Å². The van der Waals surface area contributed by atoms with E-state index in [0.29, 0.717) is 6.61 Å². The molecule has 0 unspecified atom stereocenters. The SMILES string of the molecule is Brc1cc(Br)c2ccccc2c1OC[C@H]1CO1. The lowest BCUT2D eigenvalue weighted by atomic mass is 10.1. The van der Waals surface area contributed by atoms with Gasteiger partial charge >= 0.3 is 0 Å². The third-order valence-electron chi connectivity index (χ3n) is 2.72. The molecular formula is C13H10Br2O2. The monoisotopic (exact) mass is 356 g/mol. The van der Waals surface area contributed by atoms with Gasteiger partial charge in [-0.15, -0.1) is 0 Å². The summed E-state index contributed by atoms with van der Waals surface area (Å²) in [6, 6.07) is 10.2. The molecule has 2 nitrogen and oxygen atoms in total. The zero-order valence-corrected chi connectivity index (χ0v) is 12.1. The Kier molecular flexibility index (Phi) is 3.11. The van der Waals surface area contributed by atoms with Crippen LogP contribution in [-0.2, 0) is 4.74 Å². The summed E-state index contributed by atoms with van der Waals surface area (Å²) in [6.07, 6.45) is 0.268. The molecule has 17 heavy (non-hydrogen) atoms. The number of benzene rings is 2. The van der Waals surface area contributed by atoms with E-state index in [1.54, 1.807) is 0 Å². The summed E-state index contributed by atoms with van der Waals surface area (Å²) < 4.78 is 13.0. The second-order valence-electron chi connectivity index (χ2n) is 3.98. The van der Waals surface area contributed by atoms with Gasteiger partial charge in [0.1, 0.15) is 18.5 Å². The zero-order valence-electron chi connectivity index (χ0n) is 8.95. The van der Waals surface area contributed by atoms with Gasteiger partial charge in [0, 0.05) is 9.86 Å². The molecule has 0 N–H and O–H groups in total. The highest BCUT2D eigenvalue weighted by Gasteiger charge is 2.24. The average Bonchev–Trinajstić information content (AvgIpc) is 3.13. The van der Waals surface area contributed by atoms with Crippen molar-refractivity contribution in [2.45, 2.75) is 6.10 Å². The van der Waals surface area contributed by atoms with Gasteiger partial charge in [-0.3, -0.25) is 0 Å². The topological polar surface area (TPSA) is 21.8 Å². The van der Waals surface area contributed by atoms with Crippen LogP contribution in [0, 0.1) is 0 Å². The number of ether oxygens (including phenoxy) is 2. The van der Waals surface area contributed by atoms with E-state index in [-0.39, 0.29) is 6.10 Å². The van der Waals surface area contributed by atoms with Crippen molar-refractivity contribution >= 4 is 42.6 Å². The summed E-state index contributed by atoms with van der Waals surface area (Å²) in [5.74, 6) is 0.888. The number of halogens is 2. The molecular weight excluding hydrogens is 348 g/mol. The molecule has 0 aromatic heterocycles. The van der Waals surface area contributed by atoms with Crippen LogP contribution in [0.1, 0.15) is 0 Å². The standard InChI is InChI=1S/C13H10Br2O2/c14-11-5-12(15)13(17-7-8-6-16-8)10-4-2-1-3-9(10)11/h1-5,8H,6-7H2/t8-/m1/s1. The molecule has 0 amide bonds. The third kappa shape index (κ3) is 2.34. The normalized spacial score (nSPS) is 18.4. The van der Waals surface area contributed by atoms with Crippen LogP contribution in [0.5, 0.6) is 5.75 Å². The summed E-state index contributed by atoms with van der Waals surface area (Å²) in [6.45, 7) is 1.43. The van der Waals surface area contributed by atoms with Gasteiger partial charge in [-0.1, -0.05) is 40.2 Å². The maximum atomic E-state index is 5.84. The minimum atomic E-state index is 0.268. The van der Waals surface area contributed by atoms with E-state index in [2.05, 4.69) is 44.0 Å². The van der Waals surface area contributed by atoms with Gasteiger partial charge in [0.15, 0.2) is 0 Å². The molecule has 0 spiro atoms. The van der Waals surface area contributed by atoms with E-state index in [9.17, 15) is 0 Å². The summed E-state index contributed by atoms with van der Waals surface area (Å²) in [4.78, 5) is 0. The average molecular weight is 358 g/mol. The van der Waals surface area contributed by atoms with E-state index >= 15 is 0 Å². The van der Waals surface area contributed by atoms with Crippen molar-refractivity contribution in [3.63, 3.8) is 0 Å². The molecule has 1 atom stereocenters. The predicted octanol–water partition coefficient (Wildman–Crippen LogP) is 4.14. The molecule has 1 aliphatic heterocycles. The number of rotatable bonds is 3. The van der Waals surface area contributed by atoms with Crippen molar-refractivity contribution in [3.8, 4) is 5.75 Å².